The lowest BCUT2D eigenvalue weighted by molar-refractivity contribution is -0.135. The fourth-order valence-electron chi connectivity index (χ4n) is 3.01. The lowest BCUT2D eigenvalue weighted by atomic mass is 10.0. The summed E-state index contributed by atoms with van der Waals surface area (Å²) >= 11 is 0. The SMILES string of the molecule is CCC(CC)C(=O)N1CCCN(S(=O)(=O)c2ccc(F)cc2)CC1. The Hall–Kier alpha value is -1.47. The number of rotatable bonds is 5. The molecule has 2 rings (SSSR count). The van der Waals surface area contributed by atoms with E-state index in [0.717, 1.165) is 25.0 Å². The maximum Gasteiger partial charge on any atom is 0.243 e. The third-order valence-electron chi connectivity index (χ3n) is 4.55. The summed E-state index contributed by atoms with van der Waals surface area (Å²) in [5.41, 5.74) is 0. The van der Waals surface area contributed by atoms with Gasteiger partial charge in [-0.1, -0.05) is 13.8 Å². The Kier molecular flexibility index (Phi) is 6.34. The fourth-order valence-corrected chi connectivity index (χ4v) is 4.48. The molecule has 0 radical (unpaired) electrons. The first-order valence-corrected chi connectivity index (χ1v) is 9.88. The Morgan fingerprint density at radius 2 is 1.71 bits per heavy atom. The Morgan fingerprint density at radius 1 is 1.08 bits per heavy atom. The van der Waals surface area contributed by atoms with Crippen LogP contribution in [-0.4, -0.2) is 49.7 Å². The summed E-state index contributed by atoms with van der Waals surface area (Å²) in [5.74, 6) is -0.349. The molecule has 0 unspecified atom stereocenters. The molecule has 1 aromatic carbocycles. The molecule has 0 bridgehead atoms. The molecule has 0 atom stereocenters. The van der Waals surface area contributed by atoms with E-state index in [2.05, 4.69) is 0 Å². The molecule has 5 nitrogen and oxygen atoms in total. The summed E-state index contributed by atoms with van der Waals surface area (Å²) in [5, 5.41) is 0. The van der Waals surface area contributed by atoms with Crippen molar-refractivity contribution in [3.63, 3.8) is 0 Å². The number of hydrogen-bond donors (Lipinski definition) is 0. The van der Waals surface area contributed by atoms with Crippen molar-refractivity contribution < 1.29 is 17.6 Å². The summed E-state index contributed by atoms with van der Waals surface area (Å²) in [4.78, 5) is 14.4. The average Bonchev–Trinajstić information content (AvgIpc) is 2.83. The molecule has 0 aromatic heterocycles. The van der Waals surface area contributed by atoms with Gasteiger partial charge in [0, 0.05) is 32.1 Å². The minimum Gasteiger partial charge on any atom is -0.341 e. The second kappa shape index (κ2) is 8.07. The van der Waals surface area contributed by atoms with Crippen molar-refractivity contribution in [2.24, 2.45) is 5.92 Å². The predicted molar refractivity (Wildman–Crippen MR) is 90.4 cm³/mol. The maximum absolute atomic E-state index is 13.0. The Morgan fingerprint density at radius 3 is 2.29 bits per heavy atom. The van der Waals surface area contributed by atoms with Crippen LogP contribution in [0.2, 0.25) is 0 Å². The molecule has 7 heteroatoms. The van der Waals surface area contributed by atoms with Gasteiger partial charge in [0.2, 0.25) is 15.9 Å². The summed E-state index contributed by atoms with van der Waals surface area (Å²) < 4.78 is 39.7. The predicted octanol–water partition coefficient (Wildman–Crippen LogP) is 2.48. The number of carbonyl (C=O) groups excluding carboxylic acids is 1. The van der Waals surface area contributed by atoms with Crippen LogP contribution in [0.4, 0.5) is 4.39 Å². The second-order valence-corrected chi connectivity index (χ2v) is 7.99. The summed E-state index contributed by atoms with van der Waals surface area (Å²) in [7, 11) is -3.65. The maximum atomic E-state index is 13.0. The zero-order valence-electron chi connectivity index (χ0n) is 14.2. The molecule has 24 heavy (non-hydrogen) atoms. The normalized spacial score (nSPS) is 17.1. The zero-order valence-corrected chi connectivity index (χ0v) is 15.1. The standard InChI is InChI=1S/C17H25FN2O3S/c1-3-14(4-2)17(21)19-10-5-11-20(13-12-19)24(22,23)16-8-6-15(18)7-9-16/h6-9,14H,3-5,10-13H2,1-2H3. The molecule has 1 amide bonds. The zero-order chi connectivity index (χ0) is 17.7. The minimum absolute atomic E-state index is 0.00487. The molecule has 1 aliphatic heterocycles. The smallest absolute Gasteiger partial charge is 0.243 e. The minimum atomic E-state index is -3.65. The molecule has 1 aliphatic rings. The molecule has 1 fully saturated rings. The van der Waals surface area contributed by atoms with Gasteiger partial charge in [-0.2, -0.15) is 4.31 Å². The molecule has 0 spiro atoms. The molecule has 0 N–H and O–H groups in total. The van der Waals surface area contributed by atoms with E-state index in [1.54, 1.807) is 4.90 Å². The van der Waals surface area contributed by atoms with Gasteiger partial charge in [0.1, 0.15) is 5.82 Å². The van der Waals surface area contributed by atoms with Gasteiger partial charge in [0.25, 0.3) is 0 Å². The topological polar surface area (TPSA) is 57.7 Å². The fraction of sp³-hybridized carbons (Fsp3) is 0.588. The molecule has 134 valence electrons. The van der Waals surface area contributed by atoms with Crippen LogP contribution in [0, 0.1) is 11.7 Å². The molecule has 1 heterocycles. The van der Waals surface area contributed by atoms with Gasteiger partial charge >= 0.3 is 0 Å². The van der Waals surface area contributed by atoms with Crippen LogP contribution in [0.5, 0.6) is 0 Å². The first-order valence-electron chi connectivity index (χ1n) is 8.44. The number of carbonyl (C=O) groups is 1. The van der Waals surface area contributed by atoms with Crippen molar-refractivity contribution in [1.29, 1.82) is 0 Å². The quantitative estimate of drug-likeness (QED) is 0.814. The van der Waals surface area contributed by atoms with E-state index in [0.29, 0.717) is 26.1 Å². The number of benzene rings is 1. The molecule has 1 aromatic rings. The van der Waals surface area contributed by atoms with Crippen molar-refractivity contribution in [1.82, 2.24) is 9.21 Å². The third-order valence-corrected chi connectivity index (χ3v) is 6.47. The number of hydrogen-bond acceptors (Lipinski definition) is 3. The highest BCUT2D eigenvalue weighted by Gasteiger charge is 2.29. The molecular formula is C17H25FN2O3S. The van der Waals surface area contributed by atoms with E-state index in [1.807, 2.05) is 13.8 Å². The number of sulfonamides is 1. The third kappa shape index (κ3) is 4.13. The highest BCUT2D eigenvalue weighted by Crippen LogP contribution is 2.20. The van der Waals surface area contributed by atoms with Gasteiger partial charge in [0.05, 0.1) is 4.90 Å². The van der Waals surface area contributed by atoms with E-state index in [9.17, 15) is 17.6 Å². The Balaban J connectivity index is 2.10. The highest BCUT2D eigenvalue weighted by molar-refractivity contribution is 7.89. The van der Waals surface area contributed by atoms with Crippen molar-refractivity contribution >= 4 is 15.9 Å². The number of amides is 1. The van der Waals surface area contributed by atoms with Crippen LogP contribution in [0.3, 0.4) is 0 Å². The van der Waals surface area contributed by atoms with Crippen LogP contribution in [-0.2, 0) is 14.8 Å². The van der Waals surface area contributed by atoms with Crippen LogP contribution in [0.25, 0.3) is 0 Å². The van der Waals surface area contributed by atoms with Crippen molar-refractivity contribution in [2.75, 3.05) is 26.2 Å². The van der Waals surface area contributed by atoms with E-state index in [-0.39, 0.29) is 23.3 Å². The van der Waals surface area contributed by atoms with E-state index in [4.69, 9.17) is 0 Å². The van der Waals surface area contributed by atoms with Crippen molar-refractivity contribution in [3.8, 4) is 0 Å². The Bertz CT molecular complexity index is 657. The lowest BCUT2D eigenvalue weighted by Gasteiger charge is -2.25. The van der Waals surface area contributed by atoms with E-state index < -0.39 is 15.8 Å². The van der Waals surface area contributed by atoms with Crippen LogP contribution < -0.4 is 0 Å². The average molecular weight is 356 g/mol. The molecular weight excluding hydrogens is 331 g/mol. The first kappa shape index (κ1) is 18.9. The van der Waals surface area contributed by atoms with Crippen LogP contribution >= 0.6 is 0 Å². The van der Waals surface area contributed by atoms with Gasteiger partial charge in [-0.15, -0.1) is 0 Å². The molecule has 1 saturated heterocycles. The summed E-state index contributed by atoms with van der Waals surface area (Å²) in [6.45, 7) is 5.60. The van der Waals surface area contributed by atoms with E-state index in [1.165, 1.54) is 16.4 Å². The van der Waals surface area contributed by atoms with Gasteiger partial charge < -0.3 is 4.90 Å². The van der Waals surface area contributed by atoms with Gasteiger partial charge in [0.15, 0.2) is 0 Å². The summed E-state index contributed by atoms with van der Waals surface area (Å²) in [6, 6.07) is 4.85. The van der Waals surface area contributed by atoms with Crippen LogP contribution in [0.1, 0.15) is 33.1 Å². The Labute approximate surface area is 143 Å². The molecule has 0 aliphatic carbocycles. The van der Waals surface area contributed by atoms with Crippen molar-refractivity contribution in [3.05, 3.63) is 30.1 Å². The lowest BCUT2D eigenvalue weighted by Crippen LogP contribution is -2.39. The van der Waals surface area contributed by atoms with Gasteiger partial charge in [-0.3, -0.25) is 4.79 Å². The largest absolute Gasteiger partial charge is 0.341 e. The highest BCUT2D eigenvalue weighted by atomic mass is 32.2. The van der Waals surface area contributed by atoms with Gasteiger partial charge in [-0.05, 0) is 43.5 Å². The summed E-state index contributed by atoms with van der Waals surface area (Å²) in [6.07, 6.45) is 2.19. The van der Waals surface area contributed by atoms with Crippen molar-refractivity contribution in [2.45, 2.75) is 38.0 Å². The second-order valence-electron chi connectivity index (χ2n) is 6.05. The molecule has 0 saturated carbocycles. The number of nitrogens with zero attached hydrogens (tertiary/aromatic N) is 2. The van der Waals surface area contributed by atoms with E-state index >= 15 is 0 Å². The van der Waals surface area contributed by atoms with Gasteiger partial charge in [-0.25, -0.2) is 12.8 Å². The van der Waals surface area contributed by atoms with Crippen LogP contribution in [0.15, 0.2) is 29.2 Å². The first-order chi connectivity index (χ1) is 11.4. The monoisotopic (exact) mass is 356 g/mol. The number of halogens is 1.